The van der Waals surface area contributed by atoms with E-state index in [0.29, 0.717) is 0 Å². The normalized spacial score (nSPS) is 15.1. The van der Waals surface area contributed by atoms with Crippen molar-refractivity contribution in [3.05, 3.63) is 169 Å². The Hall–Kier alpha value is -6.28. The van der Waals surface area contributed by atoms with Gasteiger partial charge in [0, 0.05) is 52.7 Å². The van der Waals surface area contributed by atoms with E-state index >= 15 is 0 Å². The second-order valence-electron chi connectivity index (χ2n) is 16.0. The van der Waals surface area contributed by atoms with E-state index in [1.165, 1.54) is 42.2 Å². The van der Waals surface area contributed by atoms with Gasteiger partial charge in [-0.2, -0.15) is 0 Å². The number of benzene rings is 8. The van der Waals surface area contributed by atoms with Crippen LogP contribution in [0.5, 0.6) is 34.5 Å². The van der Waals surface area contributed by atoms with Crippen molar-refractivity contribution in [2.24, 2.45) is 0 Å². The van der Waals surface area contributed by atoms with Gasteiger partial charge in [0.25, 0.3) is 6.71 Å². The van der Waals surface area contributed by atoms with Crippen LogP contribution >= 0.6 is 23.5 Å². The molecule has 5 heterocycles. The molecule has 0 unspecified atom stereocenters. The van der Waals surface area contributed by atoms with Crippen molar-refractivity contribution in [3.8, 4) is 56.8 Å². The fraction of sp³-hybridized carbons (Fsp3) is 0.0588. The van der Waals surface area contributed by atoms with Gasteiger partial charge >= 0.3 is 0 Å². The van der Waals surface area contributed by atoms with Crippen LogP contribution in [0.25, 0.3) is 22.3 Å². The van der Waals surface area contributed by atoms with Crippen LogP contribution in [0.1, 0.15) is 25.0 Å². The lowest BCUT2D eigenvalue weighted by molar-refractivity contribution is 0.421. The van der Waals surface area contributed by atoms with Crippen LogP contribution in [0.2, 0.25) is 0 Å². The fourth-order valence-electron chi connectivity index (χ4n) is 9.71. The van der Waals surface area contributed by atoms with E-state index in [1.54, 1.807) is 0 Å². The number of hydrogen-bond donors (Lipinski definition) is 0. The summed E-state index contributed by atoms with van der Waals surface area (Å²) in [5.41, 5.74) is 13.3. The van der Waals surface area contributed by atoms with Crippen molar-refractivity contribution in [2.45, 2.75) is 38.8 Å². The zero-order valence-corrected chi connectivity index (χ0v) is 33.2. The Kier molecular flexibility index (Phi) is 6.72. The third kappa shape index (κ3) is 4.51. The van der Waals surface area contributed by atoms with E-state index in [2.05, 4.69) is 164 Å². The fourth-order valence-corrected chi connectivity index (χ4v) is 12.0. The molecule has 0 aliphatic carbocycles. The smallest absolute Gasteiger partial charge is 0.260 e. The van der Waals surface area contributed by atoms with Gasteiger partial charge in [0.05, 0.1) is 17.1 Å². The number of nitrogens with zero attached hydrogens (tertiary/aromatic N) is 1. The average Bonchev–Trinajstić information content (AvgIpc) is 3.25. The highest BCUT2D eigenvalue weighted by molar-refractivity contribution is 8.00. The second kappa shape index (κ2) is 11.9. The maximum Gasteiger partial charge on any atom is 0.260 e. The number of ether oxygens (including phenoxy) is 3. The molecule has 0 radical (unpaired) electrons. The Morgan fingerprint density at radius 2 is 0.948 bits per heavy atom. The van der Waals surface area contributed by atoms with E-state index in [1.807, 2.05) is 35.7 Å². The summed E-state index contributed by atoms with van der Waals surface area (Å²) in [6, 6.07) is 56.5. The quantitative estimate of drug-likeness (QED) is 0.162. The highest BCUT2D eigenvalue weighted by Gasteiger charge is 2.42. The minimum atomic E-state index is -0.339. The lowest BCUT2D eigenvalue weighted by Crippen LogP contribution is -2.57. The molecule has 0 saturated heterocycles. The molecule has 0 amide bonds. The zero-order valence-electron chi connectivity index (χ0n) is 31.6. The number of fused-ring (bicyclic) bond motifs is 10. The Balaban J connectivity index is 0.964. The molecule has 8 aromatic rings. The van der Waals surface area contributed by atoms with Crippen molar-refractivity contribution in [1.82, 2.24) is 0 Å². The van der Waals surface area contributed by atoms with Crippen molar-refractivity contribution in [3.63, 3.8) is 0 Å². The summed E-state index contributed by atoms with van der Waals surface area (Å²) < 4.78 is 20.7. The highest BCUT2D eigenvalue weighted by atomic mass is 32.2. The SMILES string of the molecule is CC1(C)c2cccc(-c3cc4c5c(c3)Oc3ccccc3B5c3ccccc3O4)c2Oc2c(-c3cc4c5c(c3)Sc3ccccc3N5c3ccccc3S4)cccc21. The number of anilines is 3. The van der Waals surface area contributed by atoms with E-state index in [-0.39, 0.29) is 12.1 Å². The van der Waals surface area contributed by atoms with Crippen LogP contribution in [-0.4, -0.2) is 6.71 Å². The van der Waals surface area contributed by atoms with Gasteiger partial charge in [-0.25, -0.2) is 0 Å². The van der Waals surface area contributed by atoms with Crippen LogP contribution < -0.4 is 35.5 Å². The third-order valence-electron chi connectivity index (χ3n) is 12.4. The van der Waals surface area contributed by atoms with Crippen LogP contribution in [0.3, 0.4) is 0 Å². The van der Waals surface area contributed by atoms with E-state index in [9.17, 15) is 0 Å². The third-order valence-corrected chi connectivity index (χ3v) is 14.6. The Labute approximate surface area is 345 Å². The van der Waals surface area contributed by atoms with Crippen LogP contribution in [0.15, 0.2) is 177 Å². The molecule has 5 aliphatic heterocycles. The van der Waals surface area contributed by atoms with E-state index < -0.39 is 0 Å². The molecule has 274 valence electrons. The summed E-state index contributed by atoms with van der Waals surface area (Å²) >= 11 is 3.70. The van der Waals surface area contributed by atoms with Crippen molar-refractivity contribution in [2.75, 3.05) is 4.90 Å². The maximum absolute atomic E-state index is 7.31. The van der Waals surface area contributed by atoms with Crippen LogP contribution in [-0.2, 0) is 5.41 Å². The van der Waals surface area contributed by atoms with E-state index in [0.717, 1.165) is 78.7 Å². The average molecular weight is 782 g/mol. The van der Waals surface area contributed by atoms with E-state index in [4.69, 9.17) is 14.2 Å². The lowest BCUT2D eigenvalue weighted by atomic mass is 9.35. The van der Waals surface area contributed by atoms with Gasteiger partial charge in [-0.05, 0) is 82.7 Å². The van der Waals surface area contributed by atoms with Crippen LogP contribution in [0, 0.1) is 0 Å². The first kappa shape index (κ1) is 32.8. The van der Waals surface area contributed by atoms with Gasteiger partial charge in [-0.15, -0.1) is 0 Å². The predicted octanol–water partition coefficient (Wildman–Crippen LogP) is 12.6. The summed E-state index contributed by atoms with van der Waals surface area (Å²) in [4.78, 5) is 7.44. The molecule has 0 aromatic heterocycles. The Morgan fingerprint density at radius 1 is 0.466 bits per heavy atom. The molecular formula is C51H32BNO3S2. The predicted molar refractivity (Wildman–Crippen MR) is 237 cm³/mol. The molecule has 0 fully saturated rings. The lowest BCUT2D eigenvalue weighted by Gasteiger charge is -2.39. The first-order chi connectivity index (χ1) is 28.5. The van der Waals surface area contributed by atoms with Gasteiger partial charge in [-0.3, -0.25) is 0 Å². The first-order valence-corrected chi connectivity index (χ1v) is 21.3. The first-order valence-electron chi connectivity index (χ1n) is 19.7. The van der Waals surface area contributed by atoms with Gasteiger partial charge < -0.3 is 19.1 Å². The van der Waals surface area contributed by atoms with Crippen molar-refractivity contribution < 1.29 is 14.2 Å². The molecular weight excluding hydrogens is 750 g/mol. The molecule has 0 N–H and O–H groups in total. The minimum Gasteiger partial charge on any atom is -0.458 e. The number of hydrogen-bond acceptors (Lipinski definition) is 6. The molecule has 58 heavy (non-hydrogen) atoms. The molecule has 0 saturated carbocycles. The Bertz CT molecular complexity index is 2770. The van der Waals surface area contributed by atoms with Gasteiger partial charge in [0.2, 0.25) is 0 Å². The molecule has 0 atom stereocenters. The van der Waals surface area contributed by atoms with Crippen LogP contribution in [0.4, 0.5) is 17.1 Å². The molecule has 8 aromatic carbocycles. The molecule has 5 aliphatic rings. The summed E-state index contributed by atoms with van der Waals surface area (Å²) in [6.07, 6.45) is 0. The molecule has 0 bridgehead atoms. The molecule has 7 heteroatoms. The maximum atomic E-state index is 7.31. The van der Waals surface area contributed by atoms with Crippen molar-refractivity contribution in [1.29, 1.82) is 0 Å². The summed E-state index contributed by atoms with van der Waals surface area (Å²) in [5.74, 6) is 5.14. The molecule has 0 spiro atoms. The number of para-hydroxylation sites is 6. The molecule has 13 rings (SSSR count). The van der Waals surface area contributed by atoms with Gasteiger partial charge in [-0.1, -0.05) is 134 Å². The zero-order chi connectivity index (χ0) is 38.3. The number of rotatable bonds is 2. The standard InChI is InChI=1S/C51H32BNO3S2/c1-51(2)33-15-11-13-31(29-25-41-47-42(26-29)55-40-22-8-4-18-36(40)52(47)35-17-3-7-21-39(35)54-41)49(33)56-50-32(14-12-16-34(50)51)30-27-45-48-46(28-30)58-44-24-10-6-20-38(44)53(48)37-19-5-9-23-43(37)57-45/h3-28H,1-2H3. The highest BCUT2D eigenvalue weighted by Crippen LogP contribution is 2.62. The summed E-state index contributed by atoms with van der Waals surface area (Å²) in [5, 5.41) is 0. The monoisotopic (exact) mass is 781 g/mol. The Morgan fingerprint density at radius 3 is 1.50 bits per heavy atom. The molecule has 4 nitrogen and oxygen atoms in total. The van der Waals surface area contributed by atoms with Gasteiger partial charge in [0.1, 0.15) is 34.5 Å². The largest absolute Gasteiger partial charge is 0.458 e. The summed E-state index contributed by atoms with van der Waals surface area (Å²) in [7, 11) is 0. The second-order valence-corrected chi connectivity index (χ2v) is 18.2. The van der Waals surface area contributed by atoms with Crippen molar-refractivity contribution >= 4 is 63.7 Å². The summed E-state index contributed by atoms with van der Waals surface area (Å²) in [6.45, 7) is 4.65. The van der Waals surface area contributed by atoms with Gasteiger partial charge in [0.15, 0.2) is 0 Å². The topological polar surface area (TPSA) is 30.9 Å². The minimum absolute atomic E-state index is 0.0236.